The first-order valence-corrected chi connectivity index (χ1v) is 9.96. The monoisotopic (exact) mass is 317 g/mol. The Balaban J connectivity index is 4.80. The van der Waals surface area contributed by atoms with E-state index in [0.717, 1.165) is 0 Å². The van der Waals surface area contributed by atoms with Crippen LogP contribution in [0.15, 0.2) is 0 Å². The molecule has 0 aromatic carbocycles. The number of primary amides is 1. The minimum atomic E-state index is -2.38. The van der Waals surface area contributed by atoms with E-state index in [2.05, 4.69) is 0 Å². The van der Waals surface area contributed by atoms with Gasteiger partial charge in [0.25, 0.3) is 0 Å². The molecule has 124 valence electrons. The molecule has 0 fully saturated rings. The predicted octanol–water partition coefficient (Wildman–Crippen LogP) is 2.98. The summed E-state index contributed by atoms with van der Waals surface area (Å²) in [5.41, 5.74) is 4.85. The summed E-state index contributed by atoms with van der Waals surface area (Å²) < 4.78 is 11.4. The van der Waals surface area contributed by atoms with E-state index in [1.807, 2.05) is 55.0 Å². The highest BCUT2D eigenvalue weighted by Crippen LogP contribution is 2.40. The molecule has 2 N–H and O–H groups in total. The van der Waals surface area contributed by atoms with Gasteiger partial charge in [0.1, 0.15) is 5.60 Å². The Bertz CT molecular complexity index is 384. The molecule has 5 nitrogen and oxygen atoms in total. The molecule has 2 atom stereocenters. The SMILES string of the molecule is C[C@H](CC(=O)OC(C)(C)C)O[Si](C)(CC(N)=O)C(C)(C)C. The molecule has 0 aromatic rings. The standard InChI is InChI=1S/C15H31NO4Si/c1-11(9-13(18)19-14(2,3)4)20-21(8,10-12(16)17)15(5,6)7/h11H,9-10H2,1-8H3,(H2,16,17)/t11-,21?/m1/s1. The number of ether oxygens (including phenoxy) is 1. The second kappa shape index (κ2) is 6.92. The van der Waals surface area contributed by atoms with Crippen molar-refractivity contribution in [3.63, 3.8) is 0 Å². The summed E-state index contributed by atoms with van der Waals surface area (Å²) in [6, 6.07) is 0.245. The van der Waals surface area contributed by atoms with E-state index in [1.54, 1.807) is 0 Å². The average molecular weight is 318 g/mol. The summed E-state index contributed by atoms with van der Waals surface area (Å²) in [5.74, 6) is -0.650. The molecule has 1 unspecified atom stereocenters. The van der Waals surface area contributed by atoms with Gasteiger partial charge in [-0.05, 0) is 39.3 Å². The molecule has 0 aliphatic heterocycles. The summed E-state index contributed by atoms with van der Waals surface area (Å²) in [5, 5.41) is -0.149. The molecular formula is C15H31NO4Si. The molecule has 0 heterocycles. The molecule has 0 aliphatic rings. The van der Waals surface area contributed by atoms with Gasteiger partial charge in [-0.3, -0.25) is 9.59 Å². The van der Waals surface area contributed by atoms with Crippen LogP contribution < -0.4 is 5.73 Å². The van der Waals surface area contributed by atoms with Crippen molar-refractivity contribution in [1.82, 2.24) is 0 Å². The smallest absolute Gasteiger partial charge is 0.308 e. The third kappa shape index (κ3) is 7.62. The van der Waals surface area contributed by atoms with E-state index in [4.69, 9.17) is 14.9 Å². The molecule has 0 saturated heterocycles. The lowest BCUT2D eigenvalue weighted by molar-refractivity contribution is -0.156. The van der Waals surface area contributed by atoms with Crippen molar-refractivity contribution in [3.05, 3.63) is 0 Å². The van der Waals surface area contributed by atoms with E-state index >= 15 is 0 Å². The van der Waals surface area contributed by atoms with Crippen molar-refractivity contribution in [2.75, 3.05) is 0 Å². The quantitative estimate of drug-likeness (QED) is 0.603. The fourth-order valence-electron chi connectivity index (χ4n) is 1.92. The molecule has 1 amide bonds. The lowest BCUT2D eigenvalue weighted by Crippen LogP contribution is -2.49. The molecule has 6 heteroatoms. The van der Waals surface area contributed by atoms with Crippen molar-refractivity contribution in [3.8, 4) is 0 Å². The molecule has 0 bridgehead atoms. The number of hydrogen-bond acceptors (Lipinski definition) is 4. The summed E-state index contributed by atoms with van der Waals surface area (Å²) in [6.45, 7) is 15.4. The lowest BCUT2D eigenvalue weighted by Gasteiger charge is -2.40. The first-order chi connectivity index (χ1) is 9.16. The first-order valence-electron chi connectivity index (χ1n) is 7.34. The number of esters is 1. The van der Waals surface area contributed by atoms with E-state index in [0.29, 0.717) is 0 Å². The van der Waals surface area contributed by atoms with Crippen molar-refractivity contribution in [2.24, 2.45) is 5.73 Å². The van der Waals surface area contributed by atoms with Crippen LogP contribution in [0.1, 0.15) is 54.9 Å². The van der Waals surface area contributed by atoms with Crippen LogP contribution in [-0.2, 0) is 18.8 Å². The van der Waals surface area contributed by atoms with Crippen LogP contribution >= 0.6 is 0 Å². The van der Waals surface area contributed by atoms with Gasteiger partial charge >= 0.3 is 5.97 Å². The van der Waals surface area contributed by atoms with E-state index in [1.165, 1.54) is 0 Å². The van der Waals surface area contributed by atoms with Crippen LogP contribution in [0.5, 0.6) is 0 Å². The van der Waals surface area contributed by atoms with Gasteiger partial charge in [0.2, 0.25) is 14.2 Å². The normalized spacial score (nSPS) is 17.0. The number of carbonyl (C=O) groups is 2. The Labute approximate surface area is 129 Å². The molecule has 21 heavy (non-hydrogen) atoms. The van der Waals surface area contributed by atoms with Crippen LogP contribution in [0.25, 0.3) is 0 Å². The van der Waals surface area contributed by atoms with Crippen LogP contribution in [0, 0.1) is 0 Å². The van der Waals surface area contributed by atoms with E-state index in [-0.39, 0.29) is 35.5 Å². The molecule has 0 rings (SSSR count). The molecule has 0 saturated carbocycles. The molecule has 0 aromatic heterocycles. The number of carbonyl (C=O) groups excluding carboxylic acids is 2. The summed E-state index contributed by atoms with van der Waals surface area (Å²) in [4.78, 5) is 23.2. The zero-order valence-corrected chi connectivity index (χ0v) is 15.7. The van der Waals surface area contributed by atoms with Crippen LogP contribution in [0.3, 0.4) is 0 Å². The zero-order chi connectivity index (χ0) is 17.1. The molecule has 0 aliphatic carbocycles. The number of rotatable bonds is 6. The van der Waals surface area contributed by atoms with Gasteiger partial charge in [0, 0.05) is 6.04 Å². The minimum absolute atomic E-state index is 0.149. The van der Waals surface area contributed by atoms with Gasteiger partial charge in [0.05, 0.1) is 12.5 Å². The Morgan fingerprint density at radius 1 is 1.14 bits per heavy atom. The Hall–Kier alpha value is -0.883. The Morgan fingerprint density at radius 2 is 1.62 bits per heavy atom. The van der Waals surface area contributed by atoms with Crippen molar-refractivity contribution >= 4 is 20.2 Å². The van der Waals surface area contributed by atoms with Crippen molar-refractivity contribution in [1.29, 1.82) is 0 Å². The van der Waals surface area contributed by atoms with Crippen LogP contribution in [-0.4, -0.2) is 31.9 Å². The van der Waals surface area contributed by atoms with Crippen molar-refractivity contribution in [2.45, 2.75) is 84.2 Å². The van der Waals surface area contributed by atoms with Gasteiger partial charge in [0.15, 0.2) is 0 Å². The van der Waals surface area contributed by atoms with Crippen molar-refractivity contribution < 1.29 is 18.8 Å². The highest BCUT2D eigenvalue weighted by Gasteiger charge is 2.44. The maximum atomic E-state index is 11.8. The maximum absolute atomic E-state index is 11.8. The second-order valence-corrected chi connectivity index (χ2v) is 12.4. The maximum Gasteiger partial charge on any atom is 0.308 e. The Morgan fingerprint density at radius 3 is 1.95 bits per heavy atom. The highest BCUT2D eigenvalue weighted by atomic mass is 28.4. The summed E-state index contributed by atoms with van der Waals surface area (Å²) >= 11 is 0. The average Bonchev–Trinajstić information content (AvgIpc) is 2.08. The topological polar surface area (TPSA) is 78.6 Å². The Kier molecular flexibility index (Phi) is 6.63. The number of nitrogens with two attached hydrogens (primary N) is 1. The van der Waals surface area contributed by atoms with E-state index in [9.17, 15) is 9.59 Å². The lowest BCUT2D eigenvalue weighted by atomic mass is 10.2. The largest absolute Gasteiger partial charge is 0.460 e. The van der Waals surface area contributed by atoms with Gasteiger partial charge < -0.3 is 14.9 Å². The van der Waals surface area contributed by atoms with Gasteiger partial charge in [-0.15, -0.1) is 0 Å². The fourth-order valence-corrected chi connectivity index (χ4v) is 4.52. The summed E-state index contributed by atoms with van der Waals surface area (Å²) in [7, 11) is -2.38. The van der Waals surface area contributed by atoms with Crippen LogP contribution in [0.4, 0.5) is 0 Å². The molecule has 0 radical (unpaired) electrons. The van der Waals surface area contributed by atoms with Crippen LogP contribution in [0.2, 0.25) is 17.6 Å². The molecule has 0 spiro atoms. The third-order valence-electron chi connectivity index (χ3n) is 3.43. The minimum Gasteiger partial charge on any atom is -0.460 e. The van der Waals surface area contributed by atoms with Gasteiger partial charge in [-0.25, -0.2) is 0 Å². The summed E-state index contributed by atoms with van der Waals surface area (Å²) in [6.07, 6.45) is -0.121. The second-order valence-electron chi connectivity index (χ2n) is 7.84. The highest BCUT2D eigenvalue weighted by molar-refractivity contribution is 6.78. The third-order valence-corrected chi connectivity index (χ3v) is 8.55. The molecular weight excluding hydrogens is 286 g/mol. The van der Waals surface area contributed by atoms with Gasteiger partial charge in [-0.1, -0.05) is 20.8 Å². The van der Waals surface area contributed by atoms with Gasteiger partial charge in [-0.2, -0.15) is 0 Å². The fraction of sp³-hybridized carbons (Fsp3) is 0.867. The number of amides is 1. The van der Waals surface area contributed by atoms with E-state index < -0.39 is 13.9 Å². The first kappa shape index (κ1) is 20.1. The predicted molar refractivity (Wildman–Crippen MR) is 86.3 cm³/mol. The zero-order valence-electron chi connectivity index (χ0n) is 14.7. The number of hydrogen-bond donors (Lipinski definition) is 1.